The zero-order valence-electron chi connectivity index (χ0n) is 28.5. The fraction of sp³-hybridized carbons (Fsp3) is 0.971. The minimum atomic E-state index is -1.88. The Kier molecular flexibility index (Phi) is 11.5. The molecule has 8 N–H and O–H groups in total. The van der Waals surface area contributed by atoms with Crippen molar-refractivity contribution < 1.29 is 7.65 Å². The first-order chi connectivity index (χ1) is 23.3. The first-order valence-corrected chi connectivity index (χ1v) is 23.0. The second kappa shape index (κ2) is 15.3. The molecule has 0 spiro atoms. The third-order valence-corrected chi connectivity index (χ3v) is 15.7. The summed E-state index contributed by atoms with van der Waals surface area (Å²) in [4.78, 5) is 10.3. The van der Waals surface area contributed by atoms with Gasteiger partial charge in [0.15, 0.2) is 0 Å². The summed E-state index contributed by atoms with van der Waals surface area (Å²) in [5.41, 5.74) is 0. The van der Waals surface area contributed by atoms with Crippen LogP contribution in [0, 0.1) is 47.3 Å². The fourth-order valence-corrected chi connectivity index (χ4v) is 14.3. The summed E-state index contributed by atoms with van der Waals surface area (Å²) in [5, 5.41) is 33.8. The molecule has 8 atom stereocenters. The molecule has 9 aliphatic rings. The molecular weight excluding hydrogens is 774 g/mol. The third kappa shape index (κ3) is 7.23. The van der Waals surface area contributed by atoms with Gasteiger partial charge in [0.2, 0.25) is 0 Å². The Labute approximate surface area is 317 Å². The van der Waals surface area contributed by atoms with Crippen LogP contribution in [-0.4, -0.2) is 83.9 Å². The summed E-state index contributed by atoms with van der Waals surface area (Å²) in [6, 6.07) is 0. The van der Waals surface area contributed by atoms with Gasteiger partial charge in [0.1, 0.15) is 0 Å². The molecule has 5 heterocycles. The van der Waals surface area contributed by atoms with Crippen LogP contribution in [0.1, 0.15) is 103 Å². The monoisotopic (exact) mass is 830 g/mol. The zero-order chi connectivity index (χ0) is 33.0. The van der Waals surface area contributed by atoms with Gasteiger partial charge in [-0.05, 0) is 98.7 Å². The van der Waals surface area contributed by atoms with Crippen molar-refractivity contribution in [1.29, 1.82) is 0 Å². The number of hydrogen-bond acceptors (Lipinski definition) is 10. The van der Waals surface area contributed by atoms with Gasteiger partial charge in [-0.2, -0.15) is 0 Å². The first-order valence-electron chi connectivity index (χ1n) is 19.5. The van der Waals surface area contributed by atoms with Crippen LogP contribution in [0.5, 0.6) is 0 Å². The number of carbonyl (C=O) groups excluding carboxylic acids is 1. The van der Waals surface area contributed by atoms with Crippen molar-refractivity contribution in [2.45, 2.75) is 156 Å². The fourth-order valence-electron chi connectivity index (χ4n) is 12.1. The summed E-state index contributed by atoms with van der Waals surface area (Å²) in [7, 11) is 0. The Morgan fingerprint density at radius 3 is 0.688 bits per heavy atom. The van der Waals surface area contributed by atoms with Crippen molar-refractivity contribution in [3.8, 4) is 0 Å². The average Bonchev–Trinajstić information content (AvgIpc) is 3.83. The van der Waals surface area contributed by atoms with E-state index in [1.165, 1.54) is 103 Å². The second-order valence-corrected chi connectivity index (χ2v) is 20.0. The molecule has 8 bridgehead atoms. The molecular formula is C34H58Cl3InN8O2. The molecule has 9 rings (SSSR count). The molecule has 0 aromatic rings. The van der Waals surface area contributed by atoms with E-state index in [1.807, 2.05) is 0 Å². The van der Waals surface area contributed by atoms with Crippen LogP contribution in [0.25, 0.3) is 0 Å². The van der Waals surface area contributed by atoms with Crippen LogP contribution in [0.4, 0.5) is 0 Å². The van der Waals surface area contributed by atoms with E-state index >= 15 is 0 Å². The average molecular weight is 832 g/mol. The van der Waals surface area contributed by atoms with E-state index in [0.717, 1.165) is 47.3 Å². The van der Waals surface area contributed by atoms with E-state index in [4.69, 9.17) is 34.8 Å². The van der Waals surface area contributed by atoms with Crippen molar-refractivity contribution in [2.75, 3.05) is 0 Å². The Balaban J connectivity index is 0.000000377. The molecule has 5 aliphatic heterocycles. The predicted octanol–water partition coefficient (Wildman–Crippen LogP) is 3.05. The van der Waals surface area contributed by atoms with Crippen LogP contribution >= 0.6 is 34.8 Å². The quantitative estimate of drug-likeness (QED) is 0.173. The molecule has 5 saturated heterocycles. The molecule has 0 aromatic heterocycles. The molecule has 4 aliphatic carbocycles. The van der Waals surface area contributed by atoms with Gasteiger partial charge >= 0.3 is 77.0 Å². The minimum absolute atomic E-state index is 0.206. The van der Waals surface area contributed by atoms with Crippen LogP contribution in [-0.2, 0) is 7.65 Å². The van der Waals surface area contributed by atoms with E-state index in [-0.39, 0.29) is 24.8 Å². The maximum atomic E-state index is 10.3. The van der Waals surface area contributed by atoms with Gasteiger partial charge in [-0.1, -0.05) is 51.4 Å². The van der Waals surface area contributed by atoms with Gasteiger partial charge in [-0.15, -0.1) is 0 Å². The number of hydrogen-bond donors (Lipinski definition) is 8. The number of alkyl halides is 3. The molecule has 14 heteroatoms. The van der Waals surface area contributed by atoms with Gasteiger partial charge in [0, 0.05) is 0 Å². The molecule has 10 nitrogen and oxygen atoms in total. The van der Waals surface area contributed by atoms with Crippen LogP contribution in [0.2, 0.25) is 0 Å². The van der Waals surface area contributed by atoms with Gasteiger partial charge in [-0.3, -0.25) is 42.5 Å². The van der Waals surface area contributed by atoms with Gasteiger partial charge in [0.05, 0.1) is 49.3 Å². The summed E-state index contributed by atoms with van der Waals surface area (Å²) in [6.45, 7) is 0. The van der Waals surface area contributed by atoms with E-state index < -0.39 is 9.76 Å². The molecule has 0 aromatic carbocycles. The summed E-state index contributed by atoms with van der Waals surface area (Å²) >= 11 is 15.0. The molecule has 270 valence electrons. The Morgan fingerprint density at radius 1 is 0.417 bits per heavy atom. The SMILES string of the molecule is C1CCC2C3NC(NC4NC(NC5NC(NC6NC(N3)C3CCCCC63)C3CCCCC53)C3CCCCC43)C2C1.O=C([O][InH2])C(Cl)(Cl)Cl. The molecule has 8 unspecified atom stereocenters. The van der Waals surface area contributed by atoms with E-state index in [2.05, 4.69) is 45.4 Å². The molecule has 48 heavy (non-hydrogen) atoms. The summed E-state index contributed by atoms with van der Waals surface area (Å²) in [6.07, 6.45) is 25.6. The number of carbonyl (C=O) groups is 1. The third-order valence-electron chi connectivity index (χ3n) is 14.2. The van der Waals surface area contributed by atoms with E-state index in [1.54, 1.807) is 0 Å². The van der Waals surface area contributed by atoms with Crippen molar-refractivity contribution in [1.82, 2.24) is 42.5 Å². The topological polar surface area (TPSA) is 123 Å². The van der Waals surface area contributed by atoms with Gasteiger partial charge in [-0.25, -0.2) is 0 Å². The van der Waals surface area contributed by atoms with Gasteiger partial charge < -0.3 is 0 Å². The summed E-state index contributed by atoms with van der Waals surface area (Å²) < 4.78 is 2.41. The Morgan fingerprint density at radius 2 is 0.583 bits per heavy atom. The Hall–Kier alpha value is 0.890. The molecule has 0 radical (unpaired) electrons. The molecule has 0 amide bonds. The van der Waals surface area contributed by atoms with Crippen molar-refractivity contribution >= 4 is 65.6 Å². The van der Waals surface area contributed by atoms with Crippen molar-refractivity contribution in [3.63, 3.8) is 0 Å². The standard InChI is InChI=1S/C32H56N8.C2HCl3O2.In.2H/c1-2-10-18-17(9-1)25-33-26(18)38-28-21-13-5-6-14-22(21)30(35-28)40-32-24-16-8-7-15-23(24)31(36-32)39-29-20-12-4-3-11-19(20)27(34-29)37-25;3-2(4,5)1(6)7;;;/h17-40H,1-16H2;(H,6,7);;;/q;;+1;;/p-1. The van der Waals surface area contributed by atoms with Gasteiger partial charge in [0.25, 0.3) is 0 Å². The first kappa shape index (κ1) is 35.9. The van der Waals surface area contributed by atoms with Crippen molar-refractivity contribution in [3.05, 3.63) is 0 Å². The van der Waals surface area contributed by atoms with Crippen molar-refractivity contribution in [2.24, 2.45) is 47.3 Å². The maximum absolute atomic E-state index is 10.3. The number of halogens is 3. The van der Waals surface area contributed by atoms with Crippen LogP contribution in [0.3, 0.4) is 0 Å². The summed E-state index contributed by atoms with van der Waals surface area (Å²) in [5.74, 6) is 5.19. The predicted molar refractivity (Wildman–Crippen MR) is 192 cm³/mol. The molecule has 4 saturated carbocycles. The number of rotatable bonds is 0. The zero-order valence-corrected chi connectivity index (χ0v) is 36.5. The normalized spacial score (nSPS) is 49.8. The van der Waals surface area contributed by atoms with Crippen LogP contribution in [0.15, 0.2) is 0 Å². The van der Waals surface area contributed by atoms with E-state index in [9.17, 15) is 4.79 Å². The van der Waals surface area contributed by atoms with E-state index in [0.29, 0.717) is 49.3 Å². The number of fused-ring (bicyclic) bond motifs is 20. The van der Waals surface area contributed by atoms with Crippen LogP contribution < -0.4 is 42.5 Å². The number of nitrogens with one attached hydrogen (secondary N) is 8. The Bertz CT molecular complexity index is 932. The second-order valence-electron chi connectivity index (χ2n) is 16.6. The molecule has 9 fully saturated rings.